The Hall–Kier alpha value is -2.07. The molecule has 0 spiro atoms. The summed E-state index contributed by atoms with van der Waals surface area (Å²) >= 11 is 0. The average Bonchev–Trinajstić information content (AvgIpc) is 2.58. The van der Waals surface area contributed by atoms with Gasteiger partial charge in [0.25, 0.3) is 0 Å². The van der Waals surface area contributed by atoms with Gasteiger partial charge < -0.3 is 9.64 Å². The summed E-state index contributed by atoms with van der Waals surface area (Å²) in [7, 11) is 1.74. The third-order valence-electron chi connectivity index (χ3n) is 4.31. The van der Waals surface area contributed by atoms with E-state index in [-0.39, 0.29) is 0 Å². The Morgan fingerprint density at radius 3 is 2.55 bits per heavy atom. The van der Waals surface area contributed by atoms with Gasteiger partial charge >= 0.3 is 0 Å². The van der Waals surface area contributed by atoms with Crippen LogP contribution < -0.4 is 9.64 Å². The van der Waals surface area contributed by atoms with Gasteiger partial charge in [0.05, 0.1) is 12.8 Å². The highest BCUT2D eigenvalue weighted by molar-refractivity contribution is 5.58. The predicted molar refractivity (Wildman–Crippen MR) is 89.5 cm³/mol. The van der Waals surface area contributed by atoms with Crippen molar-refractivity contribution in [2.75, 3.05) is 38.2 Å². The Balaban J connectivity index is 1.62. The zero-order valence-electron chi connectivity index (χ0n) is 13.3. The summed E-state index contributed by atoms with van der Waals surface area (Å²) in [5, 5.41) is 0. The highest BCUT2D eigenvalue weighted by Gasteiger charge is 2.19. The minimum Gasteiger partial charge on any atom is -0.495 e. The number of hydrogen-bond acceptors (Lipinski definition) is 4. The molecular weight excluding hydrogens is 274 g/mol. The van der Waals surface area contributed by atoms with Crippen LogP contribution >= 0.6 is 0 Å². The SMILES string of the molecule is COc1ccccc1N1CCN(Cc2cccnc2C)CC1. The quantitative estimate of drug-likeness (QED) is 0.867. The van der Waals surface area contributed by atoms with Crippen molar-refractivity contribution in [2.45, 2.75) is 13.5 Å². The second kappa shape index (κ2) is 6.79. The molecular formula is C18H23N3O. The number of para-hydroxylation sites is 2. The number of rotatable bonds is 4. The molecule has 3 rings (SSSR count). The molecule has 0 aliphatic carbocycles. The molecule has 0 saturated carbocycles. The first-order valence-electron chi connectivity index (χ1n) is 7.79. The van der Waals surface area contributed by atoms with Crippen LogP contribution in [-0.2, 0) is 6.54 Å². The van der Waals surface area contributed by atoms with Crippen LogP contribution in [0.3, 0.4) is 0 Å². The second-order valence-corrected chi connectivity index (χ2v) is 5.68. The van der Waals surface area contributed by atoms with Gasteiger partial charge in [-0.05, 0) is 30.7 Å². The molecule has 2 heterocycles. The zero-order valence-corrected chi connectivity index (χ0v) is 13.3. The van der Waals surface area contributed by atoms with Crippen LogP contribution in [0.1, 0.15) is 11.3 Å². The van der Waals surface area contributed by atoms with Crippen molar-refractivity contribution in [3.8, 4) is 5.75 Å². The van der Waals surface area contributed by atoms with E-state index in [1.807, 2.05) is 24.4 Å². The van der Waals surface area contributed by atoms with Gasteiger partial charge in [0, 0.05) is 44.6 Å². The van der Waals surface area contributed by atoms with Gasteiger partial charge in [-0.2, -0.15) is 0 Å². The largest absolute Gasteiger partial charge is 0.495 e. The minimum atomic E-state index is 0.957. The summed E-state index contributed by atoms with van der Waals surface area (Å²) in [6.07, 6.45) is 1.86. The fraction of sp³-hybridized carbons (Fsp3) is 0.389. The van der Waals surface area contributed by atoms with Crippen LogP contribution in [0, 0.1) is 6.92 Å². The molecule has 1 aliphatic heterocycles. The number of benzene rings is 1. The number of anilines is 1. The van der Waals surface area contributed by atoms with Gasteiger partial charge in [0.15, 0.2) is 0 Å². The van der Waals surface area contributed by atoms with Crippen LogP contribution in [0.5, 0.6) is 5.75 Å². The third-order valence-corrected chi connectivity index (χ3v) is 4.31. The molecule has 4 nitrogen and oxygen atoms in total. The Kier molecular flexibility index (Phi) is 4.59. The van der Waals surface area contributed by atoms with Crippen LogP contribution in [0.4, 0.5) is 5.69 Å². The number of piperazine rings is 1. The summed E-state index contributed by atoms with van der Waals surface area (Å²) < 4.78 is 5.47. The van der Waals surface area contributed by atoms with E-state index < -0.39 is 0 Å². The van der Waals surface area contributed by atoms with E-state index in [1.54, 1.807) is 7.11 Å². The first-order valence-corrected chi connectivity index (χ1v) is 7.79. The molecule has 0 unspecified atom stereocenters. The smallest absolute Gasteiger partial charge is 0.142 e. The van der Waals surface area contributed by atoms with E-state index in [0.29, 0.717) is 0 Å². The van der Waals surface area contributed by atoms with Crippen molar-refractivity contribution >= 4 is 5.69 Å². The third kappa shape index (κ3) is 3.22. The topological polar surface area (TPSA) is 28.6 Å². The molecule has 0 N–H and O–H groups in total. The molecule has 0 bridgehead atoms. The zero-order chi connectivity index (χ0) is 15.4. The van der Waals surface area contributed by atoms with E-state index >= 15 is 0 Å². The summed E-state index contributed by atoms with van der Waals surface area (Å²) in [5.41, 5.74) is 3.66. The number of aromatic nitrogens is 1. The van der Waals surface area contributed by atoms with Crippen molar-refractivity contribution in [3.05, 3.63) is 53.9 Å². The lowest BCUT2D eigenvalue weighted by molar-refractivity contribution is 0.248. The molecule has 1 aromatic carbocycles. The van der Waals surface area contributed by atoms with Crippen molar-refractivity contribution < 1.29 is 4.74 Å². The van der Waals surface area contributed by atoms with Gasteiger partial charge in [-0.3, -0.25) is 9.88 Å². The first-order chi connectivity index (χ1) is 10.8. The van der Waals surface area contributed by atoms with Gasteiger partial charge in [-0.1, -0.05) is 18.2 Å². The van der Waals surface area contributed by atoms with Crippen LogP contribution in [-0.4, -0.2) is 43.2 Å². The van der Waals surface area contributed by atoms with E-state index in [0.717, 1.165) is 44.2 Å². The molecule has 4 heteroatoms. The second-order valence-electron chi connectivity index (χ2n) is 5.68. The fourth-order valence-corrected chi connectivity index (χ4v) is 2.96. The van der Waals surface area contributed by atoms with Gasteiger partial charge in [0.2, 0.25) is 0 Å². The highest BCUT2D eigenvalue weighted by Crippen LogP contribution is 2.28. The normalized spacial score (nSPS) is 15.8. The van der Waals surface area contributed by atoms with Crippen LogP contribution in [0.15, 0.2) is 42.6 Å². The number of methoxy groups -OCH3 is 1. The molecule has 22 heavy (non-hydrogen) atoms. The van der Waals surface area contributed by atoms with Crippen molar-refractivity contribution in [2.24, 2.45) is 0 Å². The van der Waals surface area contributed by atoms with E-state index in [4.69, 9.17) is 4.74 Å². The number of nitrogens with zero attached hydrogens (tertiary/aromatic N) is 3. The van der Waals surface area contributed by atoms with E-state index in [2.05, 4.69) is 39.9 Å². The molecule has 1 fully saturated rings. The van der Waals surface area contributed by atoms with Crippen molar-refractivity contribution in [3.63, 3.8) is 0 Å². The number of ether oxygens (including phenoxy) is 1. The van der Waals surface area contributed by atoms with Crippen molar-refractivity contribution in [1.82, 2.24) is 9.88 Å². The molecule has 0 atom stereocenters. The van der Waals surface area contributed by atoms with Gasteiger partial charge in [-0.15, -0.1) is 0 Å². The van der Waals surface area contributed by atoms with Gasteiger partial charge in [-0.25, -0.2) is 0 Å². The molecule has 1 aromatic heterocycles. The monoisotopic (exact) mass is 297 g/mol. The summed E-state index contributed by atoms with van der Waals surface area (Å²) in [6, 6.07) is 12.5. The van der Waals surface area contributed by atoms with E-state index in [1.165, 1.54) is 11.3 Å². The molecule has 0 radical (unpaired) electrons. The van der Waals surface area contributed by atoms with Crippen LogP contribution in [0.25, 0.3) is 0 Å². The standard InChI is InChI=1S/C18H23N3O/c1-15-16(6-5-9-19-15)14-20-10-12-21(13-11-20)17-7-3-4-8-18(17)22-2/h3-9H,10-14H2,1-2H3. The lowest BCUT2D eigenvalue weighted by atomic mass is 10.1. The molecule has 1 saturated heterocycles. The van der Waals surface area contributed by atoms with E-state index in [9.17, 15) is 0 Å². The lowest BCUT2D eigenvalue weighted by Gasteiger charge is -2.36. The lowest BCUT2D eigenvalue weighted by Crippen LogP contribution is -2.46. The Morgan fingerprint density at radius 1 is 1.05 bits per heavy atom. The maximum absolute atomic E-state index is 5.47. The summed E-state index contributed by atoms with van der Waals surface area (Å²) in [6.45, 7) is 7.25. The average molecular weight is 297 g/mol. The molecule has 2 aromatic rings. The Bertz CT molecular complexity index is 621. The number of aryl methyl sites for hydroxylation is 1. The Labute approximate surface area is 132 Å². The molecule has 116 valence electrons. The maximum Gasteiger partial charge on any atom is 0.142 e. The molecule has 1 aliphatic rings. The highest BCUT2D eigenvalue weighted by atomic mass is 16.5. The van der Waals surface area contributed by atoms with Gasteiger partial charge in [0.1, 0.15) is 5.75 Å². The minimum absolute atomic E-state index is 0.957. The van der Waals surface area contributed by atoms with Crippen LogP contribution in [0.2, 0.25) is 0 Å². The Morgan fingerprint density at radius 2 is 1.82 bits per heavy atom. The molecule has 0 amide bonds. The summed E-state index contributed by atoms with van der Waals surface area (Å²) in [4.78, 5) is 9.28. The van der Waals surface area contributed by atoms with Crippen molar-refractivity contribution in [1.29, 1.82) is 0 Å². The fourth-order valence-electron chi connectivity index (χ4n) is 2.96. The number of pyridine rings is 1. The summed E-state index contributed by atoms with van der Waals surface area (Å²) in [5.74, 6) is 0.957. The first kappa shape index (κ1) is 14.9. The number of hydrogen-bond donors (Lipinski definition) is 0. The maximum atomic E-state index is 5.47. The predicted octanol–water partition coefficient (Wildman–Crippen LogP) is 2.72.